The SMILES string of the molecule is CC(=O)N(C)CCC1=c2ccccc2=N/C1=C\c1c(O)n(C)c(=O)[nH]c1=O. The molecule has 2 aromatic rings. The quantitative estimate of drug-likeness (QED) is 0.756. The van der Waals surface area contributed by atoms with Gasteiger partial charge < -0.3 is 10.0 Å². The molecule has 1 aromatic heterocycles. The van der Waals surface area contributed by atoms with Crippen LogP contribution in [0.3, 0.4) is 0 Å². The number of benzene rings is 1. The fraction of sp³-hybridized carbons (Fsp3) is 0.263. The Balaban J connectivity index is 2.13. The van der Waals surface area contributed by atoms with Crippen LogP contribution in [-0.4, -0.2) is 39.1 Å². The van der Waals surface area contributed by atoms with Gasteiger partial charge in [0, 0.05) is 32.8 Å². The van der Waals surface area contributed by atoms with Gasteiger partial charge in [-0.15, -0.1) is 0 Å². The van der Waals surface area contributed by atoms with Crippen molar-refractivity contribution in [1.82, 2.24) is 14.5 Å². The van der Waals surface area contributed by atoms with Crippen molar-refractivity contribution < 1.29 is 9.90 Å². The molecule has 1 amide bonds. The van der Waals surface area contributed by atoms with Gasteiger partial charge in [0.15, 0.2) is 0 Å². The normalized spacial score (nSPS) is 14.2. The minimum Gasteiger partial charge on any atom is -0.494 e. The number of para-hydroxylation sites is 1. The van der Waals surface area contributed by atoms with Crippen LogP contribution in [0.4, 0.5) is 0 Å². The van der Waals surface area contributed by atoms with Gasteiger partial charge in [0.25, 0.3) is 5.56 Å². The smallest absolute Gasteiger partial charge is 0.330 e. The van der Waals surface area contributed by atoms with E-state index in [-0.39, 0.29) is 11.5 Å². The number of amides is 1. The van der Waals surface area contributed by atoms with E-state index in [0.29, 0.717) is 18.7 Å². The van der Waals surface area contributed by atoms with Crippen LogP contribution in [0.15, 0.2) is 44.5 Å². The lowest BCUT2D eigenvalue weighted by molar-refractivity contribution is -0.127. The van der Waals surface area contributed by atoms with Gasteiger partial charge in [-0.2, -0.15) is 0 Å². The molecule has 1 aliphatic heterocycles. The highest BCUT2D eigenvalue weighted by atomic mass is 16.3. The lowest BCUT2D eigenvalue weighted by Gasteiger charge is -2.15. The highest BCUT2D eigenvalue weighted by Gasteiger charge is 2.17. The molecule has 0 saturated carbocycles. The molecule has 0 unspecified atom stereocenters. The zero-order valence-electron chi connectivity index (χ0n) is 15.3. The third kappa shape index (κ3) is 3.46. The zero-order valence-corrected chi connectivity index (χ0v) is 15.3. The number of nitrogens with one attached hydrogen (secondary N) is 1. The zero-order chi connectivity index (χ0) is 19.7. The molecule has 0 bridgehead atoms. The largest absolute Gasteiger partial charge is 0.494 e. The summed E-state index contributed by atoms with van der Waals surface area (Å²) in [5, 5.41) is 11.9. The van der Waals surface area contributed by atoms with Crippen LogP contribution in [0.2, 0.25) is 0 Å². The summed E-state index contributed by atoms with van der Waals surface area (Å²) in [4.78, 5) is 43.6. The fourth-order valence-corrected chi connectivity index (χ4v) is 2.87. The molecule has 0 atom stereocenters. The first-order valence-corrected chi connectivity index (χ1v) is 8.42. The van der Waals surface area contributed by atoms with Gasteiger partial charge in [-0.25, -0.2) is 9.79 Å². The third-order valence-corrected chi connectivity index (χ3v) is 4.62. The van der Waals surface area contributed by atoms with Gasteiger partial charge in [0.2, 0.25) is 11.8 Å². The lowest BCUT2D eigenvalue weighted by Crippen LogP contribution is -2.29. The van der Waals surface area contributed by atoms with Crippen molar-refractivity contribution in [1.29, 1.82) is 0 Å². The topological polar surface area (TPSA) is 108 Å². The number of hydrogen-bond donors (Lipinski definition) is 2. The van der Waals surface area contributed by atoms with Crippen LogP contribution < -0.4 is 21.8 Å². The Labute approximate surface area is 154 Å². The Kier molecular flexibility index (Phi) is 4.81. The highest BCUT2D eigenvalue weighted by Crippen LogP contribution is 2.23. The van der Waals surface area contributed by atoms with Crippen molar-refractivity contribution in [2.45, 2.75) is 13.3 Å². The summed E-state index contributed by atoms with van der Waals surface area (Å²) in [6, 6.07) is 7.53. The Bertz CT molecular complexity index is 1190. The van der Waals surface area contributed by atoms with Crippen molar-refractivity contribution in [2.75, 3.05) is 13.6 Å². The van der Waals surface area contributed by atoms with E-state index in [1.165, 1.54) is 20.0 Å². The Hall–Kier alpha value is -3.42. The molecular weight excluding hydrogens is 348 g/mol. The maximum absolute atomic E-state index is 12.2. The molecule has 0 aliphatic carbocycles. The van der Waals surface area contributed by atoms with E-state index in [0.717, 1.165) is 20.7 Å². The molecule has 0 fully saturated rings. The molecule has 0 saturated heterocycles. The summed E-state index contributed by atoms with van der Waals surface area (Å²) in [6.07, 6.45) is 2.00. The number of hydrogen-bond acceptors (Lipinski definition) is 5. The van der Waals surface area contributed by atoms with Gasteiger partial charge in [-0.3, -0.25) is 19.1 Å². The van der Waals surface area contributed by atoms with Crippen LogP contribution in [-0.2, 0) is 11.8 Å². The summed E-state index contributed by atoms with van der Waals surface area (Å²) < 4.78 is 0.957. The first-order valence-electron chi connectivity index (χ1n) is 8.42. The highest BCUT2D eigenvalue weighted by molar-refractivity contribution is 5.77. The Morgan fingerprint density at radius 2 is 2.04 bits per heavy atom. The van der Waals surface area contributed by atoms with Crippen molar-refractivity contribution in [3.8, 4) is 5.88 Å². The summed E-state index contributed by atoms with van der Waals surface area (Å²) in [7, 11) is 3.08. The molecule has 1 aromatic carbocycles. The second-order valence-corrected chi connectivity index (χ2v) is 6.38. The molecule has 1 aliphatic rings. The van der Waals surface area contributed by atoms with Crippen LogP contribution in [0, 0.1) is 0 Å². The third-order valence-electron chi connectivity index (χ3n) is 4.62. The van der Waals surface area contributed by atoms with Crippen LogP contribution in [0.5, 0.6) is 5.88 Å². The summed E-state index contributed by atoms with van der Waals surface area (Å²) in [5.74, 6) is -0.473. The monoisotopic (exact) mass is 368 g/mol. The number of nitrogens with zero attached hydrogens (tertiary/aromatic N) is 3. The molecule has 8 heteroatoms. The van der Waals surface area contributed by atoms with E-state index in [4.69, 9.17) is 0 Å². The van der Waals surface area contributed by atoms with Gasteiger partial charge in [0.05, 0.1) is 11.1 Å². The van der Waals surface area contributed by atoms with E-state index in [9.17, 15) is 19.5 Å². The molecule has 2 N–H and O–H groups in total. The van der Waals surface area contributed by atoms with Gasteiger partial charge in [-0.05, 0) is 24.1 Å². The van der Waals surface area contributed by atoms with Gasteiger partial charge in [0.1, 0.15) is 5.56 Å². The number of carbonyl (C=O) groups is 1. The summed E-state index contributed by atoms with van der Waals surface area (Å²) in [5.41, 5.74) is -0.0342. The number of aromatic hydroxyl groups is 1. The summed E-state index contributed by atoms with van der Waals surface area (Å²) >= 11 is 0. The van der Waals surface area contributed by atoms with Crippen LogP contribution in [0.1, 0.15) is 18.9 Å². The summed E-state index contributed by atoms with van der Waals surface area (Å²) in [6.45, 7) is 1.98. The second kappa shape index (κ2) is 7.06. The molecule has 0 radical (unpaired) electrons. The number of aromatic amines is 1. The predicted octanol–water partition coefficient (Wildman–Crippen LogP) is -0.527. The van der Waals surface area contributed by atoms with E-state index >= 15 is 0 Å². The Morgan fingerprint density at radius 1 is 1.33 bits per heavy atom. The maximum atomic E-state index is 12.2. The number of H-pyrrole nitrogens is 1. The van der Waals surface area contributed by atoms with Gasteiger partial charge >= 0.3 is 5.69 Å². The van der Waals surface area contributed by atoms with Crippen LogP contribution >= 0.6 is 0 Å². The van der Waals surface area contributed by atoms with Crippen molar-refractivity contribution in [3.05, 3.63) is 66.9 Å². The number of rotatable bonds is 4. The van der Waals surface area contributed by atoms with Crippen LogP contribution in [0.25, 0.3) is 11.6 Å². The molecular formula is C19H20N4O4. The first-order chi connectivity index (χ1) is 12.8. The standard InChI is InChI=1S/C19H20N4O4/c1-11(24)22(2)9-8-13-12-6-4-5-7-15(12)20-16(13)10-14-17(25)21-19(27)23(3)18(14)26/h4-7,10,26H,8-9H2,1-3H3,(H,21,25,27)/b16-10-. The minimum atomic E-state index is -0.696. The average Bonchev–Trinajstić information content (AvgIpc) is 2.98. The number of carbonyl (C=O) groups excluding carboxylic acids is 1. The molecule has 8 nitrogen and oxygen atoms in total. The number of aromatic nitrogens is 2. The van der Waals surface area contributed by atoms with Gasteiger partial charge in [-0.1, -0.05) is 18.2 Å². The maximum Gasteiger partial charge on any atom is 0.330 e. The first kappa shape index (κ1) is 18.4. The molecule has 0 spiro atoms. The van der Waals surface area contributed by atoms with Crippen molar-refractivity contribution >= 4 is 17.6 Å². The number of fused-ring (bicyclic) bond motifs is 1. The minimum absolute atomic E-state index is 0.0407. The molecule has 27 heavy (non-hydrogen) atoms. The lowest BCUT2D eigenvalue weighted by atomic mass is 10.1. The number of allylic oxidation sites excluding steroid dienone is 1. The molecule has 140 valence electrons. The fourth-order valence-electron chi connectivity index (χ4n) is 2.87. The molecule has 3 rings (SSSR count). The van der Waals surface area contributed by atoms with E-state index in [1.54, 1.807) is 11.9 Å². The van der Waals surface area contributed by atoms with Crippen molar-refractivity contribution in [3.63, 3.8) is 0 Å². The average molecular weight is 368 g/mol. The van der Waals surface area contributed by atoms with E-state index in [2.05, 4.69) is 9.98 Å². The Morgan fingerprint density at radius 3 is 2.74 bits per heavy atom. The predicted molar refractivity (Wildman–Crippen MR) is 101 cm³/mol. The van der Waals surface area contributed by atoms with Crippen molar-refractivity contribution in [2.24, 2.45) is 12.0 Å². The molecule has 2 heterocycles. The second-order valence-electron chi connectivity index (χ2n) is 6.38. The van der Waals surface area contributed by atoms with E-state index < -0.39 is 17.1 Å². The van der Waals surface area contributed by atoms with E-state index in [1.807, 2.05) is 24.3 Å².